The molecule has 0 spiro atoms. The highest BCUT2D eigenvalue weighted by atomic mass is 16.4. The third-order valence-corrected chi connectivity index (χ3v) is 3.86. The molecule has 0 saturated heterocycles. The van der Waals surface area contributed by atoms with Gasteiger partial charge in [0.05, 0.1) is 11.4 Å². The number of nitrogens with zero attached hydrogens (tertiary/aromatic N) is 2. The molecule has 0 unspecified atom stereocenters. The first-order valence-electron chi connectivity index (χ1n) is 7.05. The van der Waals surface area contributed by atoms with Crippen LogP contribution in [0, 0.1) is 13.8 Å². The van der Waals surface area contributed by atoms with E-state index in [9.17, 15) is 9.59 Å². The lowest BCUT2D eigenvalue weighted by molar-refractivity contribution is -0.122. The second kappa shape index (κ2) is 6.07. The molecule has 6 nitrogen and oxygen atoms in total. The number of carboxylic acids is 1. The van der Waals surface area contributed by atoms with Crippen LogP contribution in [0.15, 0.2) is 0 Å². The number of hydrogen-bond donors (Lipinski definition) is 2. The maximum Gasteiger partial charge on any atom is 0.339 e. The monoisotopic (exact) mass is 279 g/mol. The zero-order valence-corrected chi connectivity index (χ0v) is 12.0. The van der Waals surface area contributed by atoms with Gasteiger partial charge in [0, 0.05) is 6.04 Å². The van der Waals surface area contributed by atoms with Gasteiger partial charge < -0.3 is 10.4 Å². The van der Waals surface area contributed by atoms with Crippen LogP contribution in [0.3, 0.4) is 0 Å². The quantitative estimate of drug-likeness (QED) is 0.877. The van der Waals surface area contributed by atoms with Gasteiger partial charge >= 0.3 is 5.97 Å². The Hall–Kier alpha value is -1.85. The van der Waals surface area contributed by atoms with Crippen molar-refractivity contribution in [2.75, 3.05) is 0 Å². The first kappa shape index (κ1) is 14.6. The van der Waals surface area contributed by atoms with Gasteiger partial charge in [-0.25, -0.2) is 4.79 Å². The molecule has 6 heteroatoms. The van der Waals surface area contributed by atoms with Gasteiger partial charge in [0.25, 0.3) is 0 Å². The van der Waals surface area contributed by atoms with Gasteiger partial charge in [0.1, 0.15) is 12.1 Å². The number of carboxylic acid groups (broad SMARTS) is 1. The van der Waals surface area contributed by atoms with Gasteiger partial charge in [-0.15, -0.1) is 0 Å². The zero-order chi connectivity index (χ0) is 14.7. The molecule has 1 fully saturated rings. The molecule has 1 saturated carbocycles. The summed E-state index contributed by atoms with van der Waals surface area (Å²) in [6.45, 7) is 3.40. The van der Waals surface area contributed by atoms with Crippen LogP contribution in [-0.2, 0) is 11.3 Å². The fraction of sp³-hybridized carbons (Fsp3) is 0.643. The summed E-state index contributed by atoms with van der Waals surface area (Å²) in [5.41, 5.74) is 1.16. The number of hydrogen-bond acceptors (Lipinski definition) is 3. The van der Waals surface area contributed by atoms with Gasteiger partial charge in [-0.2, -0.15) is 5.10 Å². The largest absolute Gasteiger partial charge is 0.478 e. The Bertz CT molecular complexity index is 516. The Morgan fingerprint density at radius 3 is 2.50 bits per heavy atom. The summed E-state index contributed by atoms with van der Waals surface area (Å²) < 4.78 is 1.47. The van der Waals surface area contributed by atoms with E-state index in [-0.39, 0.29) is 24.1 Å². The Labute approximate surface area is 118 Å². The maximum absolute atomic E-state index is 12.0. The molecular weight excluding hydrogens is 258 g/mol. The van der Waals surface area contributed by atoms with Crippen molar-refractivity contribution < 1.29 is 14.7 Å². The molecule has 0 radical (unpaired) electrons. The number of aryl methyl sites for hydroxylation is 1. The first-order chi connectivity index (χ1) is 9.49. The molecule has 20 heavy (non-hydrogen) atoms. The van der Waals surface area contributed by atoms with Crippen molar-refractivity contribution in [1.29, 1.82) is 0 Å². The van der Waals surface area contributed by atoms with E-state index in [1.54, 1.807) is 13.8 Å². The number of carbonyl (C=O) groups excluding carboxylic acids is 1. The highest BCUT2D eigenvalue weighted by Crippen LogP contribution is 2.17. The molecule has 1 amide bonds. The van der Waals surface area contributed by atoms with E-state index in [0.29, 0.717) is 11.4 Å². The minimum Gasteiger partial charge on any atom is -0.478 e. The number of rotatable bonds is 4. The fourth-order valence-electron chi connectivity index (χ4n) is 2.82. The maximum atomic E-state index is 12.0. The van der Waals surface area contributed by atoms with Gasteiger partial charge in [-0.3, -0.25) is 9.48 Å². The molecule has 0 aromatic carbocycles. The third-order valence-electron chi connectivity index (χ3n) is 3.86. The fourth-order valence-corrected chi connectivity index (χ4v) is 2.82. The third kappa shape index (κ3) is 3.18. The van der Waals surface area contributed by atoms with E-state index in [4.69, 9.17) is 5.11 Å². The number of aromatic carboxylic acids is 1. The first-order valence-corrected chi connectivity index (χ1v) is 7.05. The number of amides is 1. The van der Waals surface area contributed by atoms with E-state index in [1.807, 2.05) is 0 Å². The van der Waals surface area contributed by atoms with E-state index in [2.05, 4.69) is 10.4 Å². The molecule has 1 aliphatic rings. The predicted octanol–water partition coefficient (Wildman–Crippen LogP) is 1.65. The molecule has 1 aliphatic carbocycles. The normalized spacial score (nSPS) is 16.1. The average Bonchev–Trinajstić information content (AvgIpc) is 2.65. The van der Waals surface area contributed by atoms with Crippen molar-refractivity contribution in [2.45, 2.75) is 58.5 Å². The van der Waals surface area contributed by atoms with Crippen molar-refractivity contribution in [3.05, 3.63) is 17.0 Å². The zero-order valence-electron chi connectivity index (χ0n) is 12.0. The van der Waals surface area contributed by atoms with Crippen LogP contribution < -0.4 is 5.32 Å². The van der Waals surface area contributed by atoms with Crippen LogP contribution in [-0.4, -0.2) is 32.8 Å². The lowest BCUT2D eigenvalue weighted by Crippen LogP contribution is -2.38. The summed E-state index contributed by atoms with van der Waals surface area (Å²) >= 11 is 0. The summed E-state index contributed by atoms with van der Waals surface area (Å²) in [5, 5.41) is 16.2. The Balaban J connectivity index is 2.00. The van der Waals surface area contributed by atoms with Gasteiger partial charge in [-0.05, 0) is 26.7 Å². The van der Waals surface area contributed by atoms with Crippen LogP contribution >= 0.6 is 0 Å². The minimum absolute atomic E-state index is 0.0798. The molecule has 2 rings (SSSR count). The average molecular weight is 279 g/mol. The predicted molar refractivity (Wildman–Crippen MR) is 73.7 cm³/mol. The second-order valence-electron chi connectivity index (χ2n) is 5.41. The summed E-state index contributed by atoms with van der Waals surface area (Å²) in [7, 11) is 0. The van der Waals surface area contributed by atoms with E-state index in [0.717, 1.165) is 25.7 Å². The number of carbonyl (C=O) groups is 2. The lowest BCUT2D eigenvalue weighted by atomic mass is 9.95. The van der Waals surface area contributed by atoms with Gasteiger partial charge in [0.15, 0.2) is 0 Å². The molecule has 1 heterocycles. The van der Waals surface area contributed by atoms with Crippen molar-refractivity contribution in [3.63, 3.8) is 0 Å². The Kier molecular flexibility index (Phi) is 4.42. The number of aromatic nitrogens is 2. The van der Waals surface area contributed by atoms with Gasteiger partial charge in [0.2, 0.25) is 5.91 Å². The topological polar surface area (TPSA) is 84.2 Å². The Morgan fingerprint density at radius 1 is 1.30 bits per heavy atom. The van der Waals surface area contributed by atoms with E-state index < -0.39 is 5.97 Å². The highest BCUT2D eigenvalue weighted by Gasteiger charge is 2.20. The van der Waals surface area contributed by atoms with E-state index in [1.165, 1.54) is 11.1 Å². The van der Waals surface area contributed by atoms with E-state index >= 15 is 0 Å². The molecule has 1 aromatic heterocycles. The molecule has 2 N–H and O–H groups in total. The van der Waals surface area contributed by atoms with Gasteiger partial charge in [-0.1, -0.05) is 19.3 Å². The molecule has 1 aromatic rings. The summed E-state index contributed by atoms with van der Waals surface area (Å²) in [6, 6.07) is 0.257. The smallest absolute Gasteiger partial charge is 0.339 e. The summed E-state index contributed by atoms with van der Waals surface area (Å²) in [6.07, 6.45) is 5.63. The molecule has 0 bridgehead atoms. The highest BCUT2D eigenvalue weighted by molar-refractivity contribution is 5.90. The summed E-state index contributed by atoms with van der Waals surface area (Å²) in [4.78, 5) is 23.1. The SMILES string of the molecule is Cc1nn(CC(=O)NC2CCCCC2)c(C)c1C(=O)O. The molecular formula is C14H21N3O3. The molecule has 110 valence electrons. The van der Waals surface area contributed by atoms with Crippen LogP contribution in [0.4, 0.5) is 0 Å². The Morgan fingerprint density at radius 2 is 1.95 bits per heavy atom. The van der Waals surface area contributed by atoms with Crippen LogP contribution in [0.1, 0.15) is 53.8 Å². The lowest BCUT2D eigenvalue weighted by Gasteiger charge is -2.22. The standard InChI is InChI=1S/C14H21N3O3/c1-9-13(14(19)20)10(2)17(16-9)8-12(18)15-11-6-4-3-5-7-11/h11H,3-8H2,1-2H3,(H,15,18)(H,19,20). The van der Waals surface area contributed by atoms with Crippen LogP contribution in [0.25, 0.3) is 0 Å². The summed E-state index contributed by atoms with van der Waals surface area (Å²) in [5.74, 6) is -1.10. The number of nitrogens with one attached hydrogen (secondary N) is 1. The van der Waals surface area contributed by atoms with Crippen molar-refractivity contribution in [1.82, 2.24) is 15.1 Å². The van der Waals surface area contributed by atoms with Crippen molar-refractivity contribution in [2.24, 2.45) is 0 Å². The van der Waals surface area contributed by atoms with Crippen molar-refractivity contribution >= 4 is 11.9 Å². The minimum atomic E-state index is -1.00. The molecule has 0 atom stereocenters. The second-order valence-corrected chi connectivity index (χ2v) is 5.41. The molecule has 0 aliphatic heterocycles. The van der Waals surface area contributed by atoms with Crippen molar-refractivity contribution in [3.8, 4) is 0 Å². The van der Waals surface area contributed by atoms with Crippen LogP contribution in [0.2, 0.25) is 0 Å². The van der Waals surface area contributed by atoms with Crippen LogP contribution in [0.5, 0.6) is 0 Å².